The Labute approximate surface area is 86.5 Å². The topological polar surface area (TPSA) is 51.3 Å². The fourth-order valence-electron chi connectivity index (χ4n) is 1.57. The number of methoxy groups -OCH3 is 2. The molecule has 15 heavy (non-hydrogen) atoms. The standard InChI is InChI=1S/C11H11NO3/c1-14-9-4-3-7-5-10(13)12-6-8(7)11(9)15-2/h3-6H,1-2H3,(H,12,13). The number of ether oxygens (including phenoxy) is 2. The summed E-state index contributed by atoms with van der Waals surface area (Å²) in [6.45, 7) is 0. The highest BCUT2D eigenvalue weighted by molar-refractivity contribution is 5.89. The minimum Gasteiger partial charge on any atom is -0.493 e. The van der Waals surface area contributed by atoms with E-state index in [0.29, 0.717) is 11.5 Å². The second kappa shape index (κ2) is 3.65. The Bertz CT molecular complexity index is 545. The molecule has 0 saturated carbocycles. The van der Waals surface area contributed by atoms with Crippen molar-refractivity contribution in [2.24, 2.45) is 0 Å². The van der Waals surface area contributed by atoms with Gasteiger partial charge >= 0.3 is 0 Å². The van der Waals surface area contributed by atoms with E-state index >= 15 is 0 Å². The number of fused-ring (bicyclic) bond motifs is 1. The summed E-state index contributed by atoms with van der Waals surface area (Å²) in [5, 5.41) is 1.66. The molecule has 0 spiro atoms. The summed E-state index contributed by atoms with van der Waals surface area (Å²) < 4.78 is 10.4. The summed E-state index contributed by atoms with van der Waals surface area (Å²) >= 11 is 0. The molecule has 2 rings (SSSR count). The van der Waals surface area contributed by atoms with Gasteiger partial charge in [0.2, 0.25) is 5.56 Å². The first-order chi connectivity index (χ1) is 7.26. The molecule has 2 aromatic rings. The Hall–Kier alpha value is -1.97. The van der Waals surface area contributed by atoms with Crippen LogP contribution in [0.2, 0.25) is 0 Å². The third-order valence-corrected chi connectivity index (χ3v) is 2.26. The van der Waals surface area contributed by atoms with Crippen molar-refractivity contribution in [2.75, 3.05) is 14.2 Å². The van der Waals surface area contributed by atoms with Crippen LogP contribution in [0.1, 0.15) is 0 Å². The van der Waals surface area contributed by atoms with Crippen molar-refractivity contribution >= 4 is 10.8 Å². The van der Waals surface area contributed by atoms with E-state index in [0.717, 1.165) is 10.8 Å². The lowest BCUT2D eigenvalue weighted by Crippen LogP contribution is -2.02. The molecule has 4 heteroatoms. The van der Waals surface area contributed by atoms with Crippen LogP contribution in [0.4, 0.5) is 0 Å². The zero-order valence-corrected chi connectivity index (χ0v) is 8.53. The van der Waals surface area contributed by atoms with Gasteiger partial charge < -0.3 is 14.5 Å². The molecule has 0 aliphatic rings. The molecule has 78 valence electrons. The molecule has 0 bridgehead atoms. The van der Waals surface area contributed by atoms with E-state index in [1.807, 2.05) is 6.07 Å². The third-order valence-electron chi connectivity index (χ3n) is 2.26. The van der Waals surface area contributed by atoms with Crippen LogP contribution in [0.25, 0.3) is 10.8 Å². The number of nitrogens with one attached hydrogen (secondary N) is 1. The molecule has 1 heterocycles. The molecule has 4 nitrogen and oxygen atoms in total. The van der Waals surface area contributed by atoms with E-state index in [4.69, 9.17) is 9.47 Å². The number of aromatic amines is 1. The van der Waals surface area contributed by atoms with Crippen LogP contribution in [-0.2, 0) is 0 Å². The highest BCUT2D eigenvalue weighted by atomic mass is 16.5. The van der Waals surface area contributed by atoms with Crippen LogP contribution in [0.5, 0.6) is 11.5 Å². The van der Waals surface area contributed by atoms with Crippen LogP contribution in [0.15, 0.2) is 29.2 Å². The Morgan fingerprint density at radius 1 is 1.20 bits per heavy atom. The Morgan fingerprint density at radius 2 is 2.00 bits per heavy atom. The Morgan fingerprint density at radius 3 is 2.67 bits per heavy atom. The molecule has 0 atom stereocenters. The Balaban J connectivity index is 2.82. The zero-order chi connectivity index (χ0) is 10.8. The lowest BCUT2D eigenvalue weighted by molar-refractivity contribution is 0.358. The average Bonchev–Trinajstić information content (AvgIpc) is 2.27. The molecule has 0 aliphatic heterocycles. The summed E-state index contributed by atoms with van der Waals surface area (Å²) in [6.07, 6.45) is 1.62. The highest BCUT2D eigenvalue weighted by Crippen LogP contribution is 2.33. The van der Waals surface area contributed by atoms with Crippen LogP contribution >= 0.6 is 0 Å². The van der Waals surface area contributed by atoms with E-state index in [-0.39, 0.29) is 5.56 Å². The van der Waals surface area contributed by atoms with Gasteiger partial charge in [0.25, 0.3) is 0 Å². The molecule has 1 N–H and O–H groups in total. The fourth-order valence-corrected chi connectivity index (χ4v) is 1.57. The summed E-state index contributed by atoms with van der Waals surface area (Å²) in [4.78, 5) is 13.7. The number of hydrogen-bond acceptors (Lipinski definition) is 3. The first-order valence-corrected chi connectivity index (χ1v) is 4.49. The van der Waals surface area contributed by atoms with Crippen molar-refractivity contribution in [1.29, 1.82) is 0 Å². The number of H-pyrrole nitrogens is 1. The molecule has 1 aromatic heterocycles. The maximum Gasteiger partial charge on any atom is 0.248 e. The predicted octanol–water partition coefficient (Wildman–Crippen LogP) is 1.55. The SMILES string of the molecule is COc1ccc2cc(=O)[nH]cc2c1OC. The smallest absolute Gasteiger partial charge is 0.248 e. The van der Waals surface area contributed by atoms with Gasteiger partial charge in [-0.25, -0.2) is 0 Å². The quantitative estimate of drug-likeness (QED) is 0.809. The van der Waals surface area contributed by atoms with Gasteiger partial charge in [-0.3, -0.25) is 4.79 Å². The average molecular weight is 205 g/mol. The normalized spacial score (nSPS) is 10.3. The largest absolute Gasteiger partial charge is 0.493 e. The van der Waals surface area contributed by atoms with Crippen LogP contribution in [0.3, 0.4) is 0 Å². The van der Waals surface area contributed by atoms with Gasteiger partial charge in [-0.15, -0.1) is 0 Å². The van der Waals surface area contributed by atoms with E-state index < -0.39 is 0 Å². The predicted molar refractivity (Wildman–Crippen MR) is 57.7 cm³/mol. The summed E-state index contributed by atoms with van der Waals surface area (Å²) in [5.41, 5.74) is -0.130. The molecule has 0 saturated heterocycles. The van der Waals surface area contributed by atoms with Crippen molar-refractivity contribution in [1.82, 2.24) is 4.98 Å². The summed E-state index contributed by atoms with van der Waals surface area (Å²) in [5.74, 6) is 1.28. The van der Waals surface area contributed by atoms with E-state index in [2.05, 4.69) is 4.98 Å². The van der Waals surface area contributed by atoms with Gasteiger partial charge in [-0.05, 0) is 11.5 Å². The summed E-state index contributed by atoms with van der Waals surface area (Å²) in [7, 11) is 3.15. The van der Waals surface area contributed by atoms with Gasteiger partial charge in [0.1, 0.15) is 0 Å². The Kier molecular flexibility index (Phi) is 2.33. The minimum atomic E-state index is -0.130. The third kappa shape index (κ3) is 1.54. The van der Waals surface area contributed by atoms with Crippen molar-refractivity contribution in [2.45, 2.75) is 0 Å². The maximum atomic E-state index is 11.1. The van der Waals surface area contributed by atoms with Crippen LogP contribution < -0.4 is 15.0 Å². The van der Waals surface area contributed by atoms with Crippen LogP contribution in [0, 0.1) is 0 Å². The molecule has 1 aromatic carbocycles. The minimum absolute atomic E-state index is 0.130. The lowest BCUT2D eigenvalue weighted by Gasteiger charge is -2.09. The molecule has 0 fully saturated rings. The second-order valence-electron chi connectivity index (χ2n) is 3.10. The molecule has 0 aliphatic carbocycles. The molecular weight excluding hydrogens is 194 g/mol. The van der Waals surface area contributed by atoms with E-state index in [9.17, 15) is 4.79 Å². The second-order valence-corrected chi connectivity index (χ2v) is 3.10. The summed E-state index contributed by atoms with van der Waals surface area (Å²) in [6, 6.07) is 5.13. The van der Waals surface area contributed by atoms with Gasteiger partial charge in [0, 0.05) is 17.6 Å². The van der Waals surface area contributed by atoms with E-state index in [1.54, 1.807) is 26.5 Å². The number of aromatic nitrogens is 1. The molecule has 0 radical (unpaired) electrons. The monoisotopic (exact) mass is 205 g/mol. The zero-order valence-electron chi connectivity index (χ0n) is 8.53. The highest BCUT2D eigenvalue weighted by Gasteiger charge is 2.08. The first kappa shape index (κ1) is 9.58. The molecular formula is C11H11NO3. The number of benzene rings is 1. The molecule has 0 unspecified atom stereocenters. The first-order valence-electron chi connectivity index (χ1n) is 4.49. The van der Waals surface area contributed by atoms with E-state index in [1.165, 1.54) is 6.07 Å². The van der Waals surface area contributed by atoms with Crippen LogP contribution in [-0.4, -0.2) is 19.2 Å². The van der Waals surface area contributed by atoms with Crippen molar-refractivity contribution in [3.63, 3.8) is 0 Å². The maximum absolute atomic E-state index is 11.1. The van der Waals surface area contributed by atoms with Gasteiger partial charge in [-0.1, -0.05) is 6.07 Å². The van der Waals surface area contributed by atoms with Crippen molar-refractivity contribution < 1.29 is 9.47 Å². The van der Waals surface area contributed by atoms with Gasteiger partial charge in [0.15, 0.2) is 11.5 Å². The number of hydrogen-bond donors (Lipinski definition) is 1. The lowest BCUT2D eigenvalue weighted by atomic mass is 10.1. The van der Waals surface area contributed by atoms with Crippen molar-refractivity contribution in [3.05, 3.63) is 34.7 Å². The number of rotatable bonds is 2. The van der Waals surface area contributed by atoms with Gasteiger partial charge in [-0.2, -0.15) is 0 Å². The number of pyridine rings is 1. The van der Waals surface area contributed by atoms with Gasteiger partial charge in [0.05, 0.1) is 14.2 Å². The fraction of sp³-hybridized carbons (Fsp3) is 0.182. The van der Waals surface area contributed by atoms with Crippen molar-refractivity contribution in [3.8, 4) is 11.5 Å². The molecule has 0 amide bonds.